The monoisotopic (exact) mass is 362 g/mol. The van der Waals surface area contributed by atoms with Crippen LogP contribution in [-0.2, 0) is 4.79 Å². The van der Waals surface area contributed by atoms with Crippen molar-refractivity contribution in [2.24, 2.45) is 17.8 Å². The predicted molar refractivity (Wildman–Crippen MR) is 95.3 cm³/mol. The Morgan fingerprint density at radius 2 is 1.69 bits per heavy atom. The molecule has 2 aliphatic carbocycles. The van der Waals surface area contributed by atoms with Crippen LogP contribution in [0.1, 0.15) is 42.5 Å². The van der Waals surface area contributed by atoms with Crippen molar-refractivity contribution in [2.45, 2.75) is 32.1 Å². The fourth-order valence-corrected chi connectivity index (χ4v) is 4.33. The van der Waals surface area contributed by atoms with Crippen molar-refractivity contribution in [3.63, 3.8) is 0 Å². The van der Waals surface area contributed by atoms with Crippen LogP contribution < -0.4 is 25.1 Å². The minimum Gasteiger partial charge on any atom is -0.493 e. The Balaban J connectivity index is 1.58. The summed E-state index contributed by atoms with van der Waals surface area (Å²) in [6, 6.07) is 3.08. The summed E-state index contributed by atoms with van der Waals surface area (Å²) < 4.78 is 15.7. The molecule has 2 fully saturated rings. The SMILES string of the molecule is COc1cc(C(=O)NNC(=O)C[C@H]2C[C@H]3CC[C@@H]2C3)cc(OC)c1OC. The van der Waals surface area contributed by atoms with Crippen molar-refractivity contribution in [1.82, 2.24) is 10.9 Å². The van der Waals surface area contributed by atoms with Gasteiger partial charge in [0.2, 0.25) is 11.7 Å². The van der Waals surface area contributed by atoms with Gasteiger partial charge in [-0.2, -0.15) is 0 Å². The first-order chi connectivity index (χ1) is 12.5. The van der Waals surface area contributed by atoms with Crippen LogP contribution in [0.15, 0.2) is 12.1 Å². The number of ether oxygens (including phenoxy) is 3. The molecule has 1 aromatic rings. The highest BCUT2D eigenvalue weighted by Gasteiger charge is 2.40. The molecule has 0 aromatic heterocycles. The Labute approximate surface area is 153 Å². The van der Waals surface area contributed by atoms with E-state index in [9.17, 15) is 9.59 Å². The number of benzene rings is 1. The number of hydrogen-bond donors (Lipinski definition) is 2. The van der Waals surface area contributed by atoms with Crippen molar-refractivity contribution < 1.29 is 23.8 Å². The van der Waals surface area contributed by atoms with E-state index in [0.29, 0.717) is 41.1 Å². The van der Waals surface area contributed by atoms with E-state index in [2.05, 4.69) is 10.9 Å². The summed E-state index contributed by atoms with van der Waals surface area (Å²) in [5.41, 5.74) is 5.29. The standard InChI is InChI=1S/C19H26N2O5/c1-24-15-8-14(9-16(25-2)18(15)26-3)19(23)21-20-17(22)10-13-7-11-4-5-12(13)6-11/h8-9,11-13H,4-7,10H2,1-3H3,(H,20,22)(H,21,23)/t11-,12+,13+/m0/s1. The quantitative estimate of drug-likeness (QED) is 0.759. The van der Waals surface area contributed by atoms with Gasteiger partial charge in [-0.3, -0.25) is 20.4 Å². The molecule has 0 saturated heterocycles. The molecule has 3 rings (SSSR count). The van der Waals surface area contributed by atoms with E-state index in [4.69, 9.17) is 14.2 Å². The van der Waals surface area contributed by atoms with Crippen molar-refractivity contribution in [2.75, 3.05) is 21.3 Å². The zero-order chi connectivity index (χ0) is 18.7. The molecule has 0 heterocycles. The fraction of sp³-hybridized carbons (Fsp3) is 0.579. The number of fused-ring (bicyclic) bond motifs is 2. The van der Waals surface area contributed by atoms with Crippen molar-refractivity contribution >= 4 is 11.8 Å². The molecule has 26 heavy (non-hydrogen) atoms. The lowest BCUT2D eigenvalue weighted by Crippen LogP contribution is -2.42. The third-order valence-electron chi connectivity index (χ3n) is 5.57. The van der Waals surface area contributed by atoms with Gasteiger partial charge in [-0.05, 0) is 49.1 Å². The van der Waals surface area contributed by atoms with E-state index in [1.165, 1.54) is 40.6 Å². The van der Waals surface area contributed by atoms with Crippen LogP contribution >= 0.6 is 0 Å². The van der Waals surface area contributed by atoms with E-state index in [0.717, 1.165) is 12.3 Å². The number of rotatable bonds is 6. The number of carbonyl (C=O) groups is 2. The molecule has 2 N–H and O–H groups in total. The Morgan fingerprint density at radius 3 is 2.19 bits per heavy atom. The van der Waals surface area contributed by atoms with E-state index in [1.54, 1.807) is 12.1 Å². The number of methoxy groups -OCH3 is 3. The van der Waals surface area contributed by atoms with Crippen LogP contribution in [0, 0.1) is 17.8 Å². The van der Waals surface area contributed by atoms with Gasteiger partial charge in [-0.1, -0.05) is 6.42 Å². The number of carbonyl (C=O) groups excluding carboxylic acids is 2. The van der Waals surface area contributed by atoms with Crippen molar-refractivity contribution in [3.8, 4) is 17.2 Å². The van der Waals surface area contributed by atoms with Gasteiger partial charge in [0.15, 0.2) is 11.5 Å². The second-order valence-electron chi connectivity index (χ2n) is 7.06. The van der Waals surface area contributed by atoms with Gasteiger partial charge < -0.3 is 14.2 Å². The summed E-state index contributed by atoms with van der Waals surface area (Å²) in [6.07, 6.45) is 5.41. The summed E-state index contributed by atoms with van der Waals surface area (Å²) in [7, 11) is 4.46. The van der Waals surface area contributed by atoms with Gasteiger partial charge in [-0.15, -0.1) is 0 Å². The van der Waals surface area contributed by atoms with Gasteiger partial charge in [0.05, 0.1) is 21.3 Å². The van der Waals surface area contributed by atoms with E-state index in [1.807, 2.05) is 0 Å². The molecular formula is C19H26N2O5. The largest absolute Gasteiger partial charge is 0.493 e. The molecule has 7 nitrogen and oxygen atoms in total. The van der Waals surface area contributed by atoms with Crippen LogP contribution in [0.4, 0.5) is 0 Å². The number of amides is 2. The first kappa shape index (κ1) is 18.4. The fourth-order valence-electron chi connectivity index (χ4n) is 4.33. The maximum atomic E-state index is 12.4. The van der Waals surface area contributed by atoms with Crippen LogP contribution in [0.2, 0.25) is 0 Å². The first-order valence-corrected chi connectivity index (χ1v) is 8.94. The molecule has 2 aliphatic rings. The van der Waals surface area contributed by atoms with E-state index in [-0.39, 0.29) is 5.91 Å². The number of hydrazine groups is 1. The molecule has 0 unspecified atom stereocenters. The third kappa shape index (κ3) is 3.71. The van der Waals surface area contributed by atoms with Crippen LogP contribution in [0.3, 0.4) is 0 Å². The number of nitrogens with one attached hydrogen (secondary N) is 2. The summed E-state index contributed by atoms with van der Waals surface area (Å²) >= 11 is 0. The summed E-state index contributed by atoms with van der Waals surface area (Å²) in [6.45, 7) is 0. The zero-order valence-electron chi connectivity index (χ0n) is 15.5. The molecular weight excluding hydrogens is 336 g/mol. The van der Waals surface area contributed by atoms with Crippen LogP contribution in [0.25, 0.3) is 0 Å². The van der Waals surface area contributed by atoms with Gasteiger partial charge in [-0.25, -0.2) is 0 Å². The molecule has 3 atom stereocenters. The topological polar surface area (TPSA) is 85.9 Å². The normalized spacial score (nSPS) is 23.4. The Kier molecular flexibility index (Phi) is 5.54. The molecule has 0 radical (unpaired) electrons. The summed E-state index contributed by atoms with van der Waals surface area (Å²) in [4.78, 5) is 24.5. The summed E-state index contributed by atoms with van der Waals surface area (Å²) in [5.74, 6) is 2.51. The van der Waals surface area contributed by atoms with Gasteiger partial charge in [0, 0.05) is 12.0 Å². The summed E-state index contributed by atoms with van der Waals surface area (Å²) in [5, 5.41) is 0. The van der Waals surface area contributed by atoms with Gasteiger partial charge in [0.25, 0.3) is 5.91 Å². The Morgan fingerprint density at radius 1 is 1.00 bits per heavy atom. The lowest BCUT2D eigenvalue weighted by molar-refractivity contribution is -0.123. The molecule has 2 saturated carbocycles. The lowest BCUT2D eigenvalue weighted by atomic mass is 9.86. The van der Waals surface area contributed by atoms with Crippen LogP contribution in [-0.4, -0.2) is 33.1 Å². The molecule has 1 aromatic carbocycles. The highest BCUT2D eigenvalue weighted by Crippen LogP contribution is 2.49. The van der Waals surface area contributed by atoms with Crippen LogP contribution in [0.5, 0.6) is 17.2 Å². The van der Waals surface area contributed by atoms with E-state index < -0.39 is 5.91 Å². The third-order valence-corrected chi connectivity index (χ3v) is 5.57. The molecule has 142 valence electrons. The Bertz CT molecular complexity index is 666. The molecule has 7 heteroatoms. The zero-order valence-corrected chi connectivity index (χ0v) is 15.5. The highest BCUT2D eigenvalue weighted by molar-refractivity contribution is 5.96. The second-order valence-corrected chi connectivity index (χ2v) is 7.06. The van der Waals surface area contributed by atoms with Gasteiger partial charge in [0.1, 0.15) is 0 Å². The molecule has 2 amide bonds. The van der Waals surface area contributed by atoms with Crippen molar-refractivity contribution in [1.29, 1.82) is 0 Å². The average Bonchev–Trinajstić information content (AvgIpc) is 3.27. The maximum absolute atomic E-state index is 12.4. The predicted octanol–water partition coefficient (Wildman–Crippen LogP) is 2.30. The number of hydrogen-bond acceptors (Lipinski definition) is 5. The maximum Gasteiger partial charge on any atom is 0.269 e. The minimum absolute atomic E-state index is 0.150. The first-order valence-electron chi connectivity index (χ1n) is 8.94. The van der Waals surface area contributed by atoms with E-state index >= 15 is 0 Å². The molecule has 0 spiro atoms. The smallest absolute Gasteiger partial charge is 0.269 e. The Hall–Kier alpha value is -2.44. The minimum atomic E-state index is -0.439. The average molecular weight is 362 g/mol. The van der Waals surface area contributed by atoms with Crippen molar-refractivity contribution in [3.05, 3.63) is 17.7 Å². The molecule has 2 bridgehead atoms. The highest BCUT2D eigenvalue weighted by atomic mass is 16.5. The second kappa shape index (κ2) is 7.85. The molecule has 0 aliphatic heterocycles. The lowest BCUT2D eigenvalue weighted by Gasteiger charge is -2.21. The van der Waals surface area contributed by atoms with Gasteiger partial charge >= 0.3 is 0 Å².